The molecule has 104 valence electrons. The number of nitro groups is 1. The van der Waals surface area contributed by atoms with Gasteiger partial charge in [-0.25, -0.2) is 0 Å². The van der Waals surface area contributed by atoms with E-state index in [1.807, 2.05) is 31.2 Å². The van der Waals surface area contributed by atoms with E-state index in [1.165, 1.54) is 12.1 Å². The van der Waals surface area contributed by atoms with E-state index in [-0.39, 0.29) is 5.69 Å². The van der Waals surface area contributed by atoms with E-state index >= 15 is 0 Å². The Morgan fingerprint density at radius 3 is 2.75 bits per heavy atom. The molecular weight excluding hydrogens is 256 g/mol. The van der Waals surface area contributed by atoms with Gasteiger partial charge < -0.3 is 10.1 Å². The van der Waals surface area contributed by atoms with Crippen LogP contribution in [0.1, 0.15) is 12.5 Å². The summed E-state index contributed by atoms with van der Waals surface area (Å²) in [5.74, 6) is 1.16. The van der Waals surface area contributed by atoms with E-state index in [0.29, 0.717) is 18.0 Å². The highest BCUT2D eigenvalue weighted by atomic mass is 16.6. The van der Waals surface area contributed by atoms with Gasteiger partial charge in [-0.1, -0.05) is 31.2 Å². The molecule has 2 aromatic rings. The van der Waals surface area contributed by atoms with Gasteiger partial charge in [0.2, 0.25) is 0 Å². The Morgan fingerprint density at radius 1 is 1.20 bits per heavy atom. The maximum atomic E-state index is 10.8. The van der Waals surface area contributed by atoms with E-state index in [2.05, 4.69) is 5.32 Å². The molecular formula is C15H16N2O3. The van der Waals surface area contributed by atoms with Crippen LogP contribution in [0.4, 0.5) is 5.69 Å². The quantitative estimate of drug-likeness (QED) is 0.645. The molecule has 0 aromatic heterocycles. The molecule has 0 bridgehead atoms. The van der Waals surface area contributed by atoms with E-state index < -0.39 is 4.92 Å². The molecule has 0 spiro atoms. The molecule has 5 heteroatoms. The number of hydrogen-bond acceptors (Lipinski definition) is 4. The van der Waals surface area contributed by atoms with Crippen LogP contribution < -0.4 is 10.1 Å². The van der Waals surface area contributed by atoms with Gasteiger partial charge in [0.25, 0.3) is 5.69 Å². The normalized spacial score (nSPS) is 10.2. The van der Waals surface area contributed by atoms with Crippen molar-refractivity contribution in [2.75, 3.05) is 6.54 Å². The van der Waals surface area contributed by atoms with E-state index in [0.717, 1.165) is 12.1 Å². The fraction of sp³-hybridized carbons (Fsp3) is 0.200. The van der Waals surface area contributed by atoms with Crippen molar-refractivity contribution in [2.24, 2.45) is 0 Å². The fourth-order valence-corrected chi connectivity index (χ4v) is 1.80. The lowest BCUT2D eigenvalue weighted by atomic mass is 10.2. The van der Waals surface area contributed by atoms with Crippen molar-refractivity contribution in [1.29, 1.82) is 0 Å². The summed E-state index contributed by atoms with van der Waals surface area (Å²) < 4.78 is 5.75. The zero-order valence-corrected chi connectivity index (χ0v) is 11.2. The van der Waals surface area contributed by atoms with Crippen molar-refractivity contribution in [2.45, 2.75) is 13.5 Å². The summed E-state index contributed by atoms with van der Waals surface area (Å²) in [7, 11) is 0. The predicted molar refractivity (Wildman–Crippen MR) is 77.0 cm³/mol. The van der Waals surface area contributed by atoms with Crippen LogP contribution in [0.3, 0.4) is 0 Å². The largest absolute Gasteiger partial charge is 0.457 e. The van der Waals surface area contributed by atoms with Gasteiger partial charge in [0.15, 0.2) is 0 Å². The molecule has 0 saturated carbocycles. The summed E-state index contributed by atoms with van der Waals surface area (Å²) in [6.07, 6.45) is 0. The number of ether oxygens (including phenoxy) is 1. The van der Waals surface area contributed by atoms with E-state index in [1.54, 1.807) is 12.1 Å². The van der Waals surface area contributed by atoms with Gasteiger partial charge in [-0.2, -0.15) is 0 Å². The Balaban J connectivity index is 2.21. The van der Waals surface area contributed by atoms with Gasteiger partial charge in [0.05, 0.1) is 11.0 Å². The number of non-ortho nitro benzene ring substituents is 1. The molecule has 2 aromatic carbocycles. The second-order valence-electron chi connectivity index (χ2n) is 4.24. The fourth-order valence-electron chi connectivity index (χ4n) is 1.80. The number of nitro benzene ring substituents is 1. The molecule has 2 rings (SSSR count). The van der Waals surface area contributed by atoms with Crippen LogP contribution >= 0.6 is 0 Å². The lowest BCUT2D eigenvalue weighted by molar-refractivity contribution is -0.384. The second-order valence-corrected chi connectivity index (χ2v) is 4.24. The third kappa shape index (κ3) is 3.55. The molecule has 0 fully saturated rings. The smallest absolute Gasteiger partial charge is 0.273 e. The molecule has 0 unspecified atom stereocenters. The summed E-state index contributed by atoms with van der Waals surface area (Å²) in [6.45, 7) is 3.59. The second kappa shape index (κ2) is 6.68. The van der Waals surface area contributed by atoms with Crippen LogP contribution in [0.5, 0.6) is 11.5 Å². The van der Waals surface area contributed by atoms with Gasteiger partial charge in [-0.3, -0.25) is 10.1 Å². The predicted octanol–water partition coefficient (Wildman–Crippen LogP) is 3.50. The van der Waals surface area contributed by atoms with Crippen molar-refractivity contribution in [1.82, 2.24) is 5.32 Å². The third-order valence-corrected chi connectivity index (χ3v) is 2.79. The Bertz CT molecular complexity index is 599. The number of benzene rings is 2. The van der Waals surface area contributed by atoms with Crippen molar-refractivity contribution in [3.63, 3.8) is 0 Å². The first-order valence-corrected chi connectivity index (χ1v) is 6.41. The number of rotatable bonds is 6. The molecule has 0 aliphatic heterocycles. The molecule has 5 nitrogen and oxygen atoms in total. The average molecular weight is 272 g/mol. The van der Waals surface area contributed by atoms with Crippen LogP contribution in [0.25, 0.3) is 0 Å². The van der Waals surface area contributed by atoms with Crippen molar-refractivity contribution < 1.29 is 9.66 Å². The summed E-state index contributed by atoms with van der Waals surface area (Å²) in [4.78, 5) is 10.3. The molecule has 0 aliphatic carbocycles. The molecule has 0 saturated heterocycles. The van der Waals surface area contributed by atoms with Crippen LogP contribution in [0.15, 0.2) is 48.5 Å². The minimum atomic E-state index is -0.433. The third-order valence-electron chi connectivity index (χ3n) is 2.79. The molecule has 20 heavy (non-hydrogen) atoms. The summed E-state index contributed by atoms with van der Waals surface area (Å²) in [5.41, 5.74) is 1.03. The van der Waals surface area contributed by atoms with Crippen molar-refractivity contribution in [3.05, 3.63) is 64.2 Å². The minimum Gasteiger partial charge on any atom is -0.457 e. The molecule has 0 radical (unpaired) electrons. The lowest BCUT2D eigenvalue weighted by Gasteiger charge is -2.11. The highest BCUT2D eigenvalue weighted by Crippen LogP contribution is 2.27. The Labute approximate surface area is 117 Å². The van der Waals surface area contributed by atoms with Gasteiger partial charge in [-0.05, 0) is 18.7 Å². The zero-order valence-electron chi connectivity index (χ0n) is 11.2. The first-order valence-electron chi connectivity index (χ1n) is 6.41. The molecule has 0 aliphatic rings. The number of nitrogens with one attached hydrogen (secondary N) is 1. The maximum absolute atomic E-state index is 10.8. The highest BCUT2D eigenvalue weighted by molar-refractivity contribution is 5.42. The van der Waals surface area contributed by atoms with Crippen LogP contribution in [-0.2, 0) is 6.54 Å². The van der Waals surface area contributed by atoms with Crippen molar-refractivity contribution >= 4 is 5.69 Å². The Hall–Kier alpha value is -2.40. The summed E-state index contributed by atoms with van der Waals surface area (Å²) >= 11 is 0. The Kier molecular flexibility index (Phi) is 4.68. The zero-order chi connectivity index (χ0) is 14.4. The van der Waals surface area contributed by atoms with Gasteiger partial charge >= 0.3 is 0 Å². The average Bonchev–Trinajstić information content (AvgIpc) is 2.46. The summed E-state index contributed by atoms with van der Waals surface area (Å²) in [5, 5.41) is 14.0. The SMILES string of the molecule is CCNCc1ccccc1Oc1cccc([N+](=O)[O-])c1. The molecule has 0 heterocycles. The molecule has 0 atom stereocenters. The minimum absolute atomic E-state index is 0.0201. The number of nitrogens with zero attached hydrogens (tertiary/aromatic N) is 1. The van der Waals surface area contributed by atoms with Gasteiger partial charge in [0.1, 0.15) is 11.5 Å². The Morgan fingerprint density at radius 2 is 2.00 bits per heavy atom. The van der Waals surface area contributed by atoms with Crippen LogP contribution in [0.2, 0.25) is 0 Å². The highest BCUT2D eigenvalue weighted by Gasteiger charge is 2.08. The van der Waals surface area contributed by atoms with E-state index in [9.17, 15) is 10.1 Å². The molecule has 1 N–H and O–H groups in total. The van der Waals surface area contributed by atoms with E-state index in [4.69, 9.17) is 4.74 Å². The first kappa shape index (κ1) is 14.0. The molecule has 0 amide bonds. The first-order chi connectivity index (χ1) is 9.70. The van der Waals surface area contributed by atoms with Crippen molar-refractivity contribution in [3.8, 4) is 11.5 Å². The van der Waals surface area contributed by atoms with Crippen LogP contribution in [0, 0.1) is 10.1 Å². The van der Waals surface area contributed by atoms with Gasteiger partial charge in [-0.15, -0.1) is 0 Å². The number of para-hydroxylation sites is 1. The standard InChI is InChI=1S/C15H16N2O3/c1-2-16-11-12-6-3-4-9-15(12)20-14-8-5-7-13(10-14)17(18)19/h3-10,16H,2,11H2,1H3. The summed E-state index contributed by atoms with van der Waals surface area (Å²) in [6, 6.07) is 13.8. The topological polar surface area (TPSA) is 64.4 Å². The monoisotopic (exact) mass is 272 g/mol. The lowest BCUT2D eigenvalue weighted by Crippen LogP contribution is -2.12. The number of hydrogen-bond donors (Lipinski definition) is 1. The van der Waals surface area contributed by atoms with Crippen LogP contribution in [-0.4, -0.2) is 11.5 Å². The maximum Gasteiger partial charge on any atom is 0.273 e. The van der Waals surface area contributed by atoms with Gasteiger partial charge in [0, 0.05) is 18.2 Å².